The maximum Gasteiger partial charge on any atom is 0.0490 e. The molecule has 1 aromatic rings. The van der Waals surface area contributed by atoms with Crippen LogP contribution in [0.4, 0.5) is 0 Å². The lowest BCUT2D eigenvalue weighted by molar-refractivity contribution is 0.0677. The van der Waals surface area contributed by atoms with Crippen molar-refractivity contribution >= 4 is 0 Å². The zero-order valence-electron chi connectivity index (χ0n) is 14.0. The van der Waals surface area contributed by atoms with Crippen LogP contribution < -0.4 is 5.32 Å². The standard InChI is InChI=1S/C18H30N4/c1-15-10-16(2)13-22(12-15)18(17-4-3-5-20-11-17)14-21-8-6-19-7-9-21/h3-5,11,15-16,18-19H,6-10,12-14H2,1-2H3. The maximum atomic E-state index is 4.37. The minimum absolute atomic E-state index is 0.483. The average Bonchev–Trinajstić information content (AvgIpc) is 2.53. The van der Waals surface area contributed by atoms with Gasteiger partial charge in [0, 0.05) is 64.2 Å². The molecule has 2 saturated heterocycles. The molecule has 3 unspecified atom stereocenters. The van der Waals surface area contributed by atoms with E-state index in [2.05, 4.69) is 52.3 Å². The molecule has 0 radical (unpaired) electrons. The largest absolute Gasteiger partial charge is 0.314 e. The molecule has 0 amide bonds. The zero-order valence-corrected chi connectivity index (χ0v) is 14.0. The van der Waals surface area contributed by atoms with Crippen molar-refractivity contribution in [2.24, 2.45) is 11.8 Å². The van der Waals surface area contributed by atoms with Crippen LogP contribution >= 0.6 is 0 Å². The van der Waals surface area contributed by atoms with Crippen molar-refractivity contribution < 1.29 is 0 Å². The van der Waals surface area contributed by atoms with E-state index in [4.69, 9.17) is 0 Å². The van der Waals surface area contributed by atoms with E-state index in [1.165, 1.54) is 25.1 Å². The molecule has 0 spiro atoms. The van der Waals surface area contributed by atoms with Crippen molar-refractivity contribution in [2.75, 3.05) is 45.8 Å². The lowest BCUT2D eigenvalue weighted by atomic mass is 9.89. The highest BCUT2D eigenvalue weighted by Gasteiger charge is 2.30. The quantitative estimate of drug-likeness (QED) is 0.922. The molecule has 2 aliphatic rings. The van der Waals surface area contributed by atoms with Crippen molar-refractivity contribution in [1.82, 2.24) is 20.1 Å². The minimum atomic E-state index is 0.483. The van der Waals surface area contributed by atoms with Crippen LogP contribution in [0.5, 0.6) is 0 Å². The predicted octanol–water partition coefficient (Wildman–Crippen LogP) is 2.01. The van der Waals surface area contributed by atoms with Gasteiger partial charge in [0.25, 0.3) is 0 Å². The topological polar surface area (TPSA) is 31.4 Å². The number of hydrogen-bond donors (Lipinski definition) is 1. The molecule has 122 valence electrons. The third-order valence-corrected chi connectivity index (χ3v) is 5.05. The summed E-state index contributed by atoms with van der Waals surface area (Å²) < 4.78 is 0. The number of hydrogen-bond acceptors (Lipinski definition) is 4. The molecule has 4 heteroatoms. The molecule has 0 saturated carbocycles. The van der Waals surface area contributed by atoms with Gasteiger partial charge in [-0.3, -0.25) is 14.8 Å². The molecule has 2 fully saturated rings. The Balaban J connectivity index is 1.76. The summed E-state index contributed by atoms with van der Waals surface area (Å²) in [7, 11) is 0. The first-order valence-electron chi connectivity index (χ1n) is 8.79. The Morgan fingerprint density at radius 1 is 1.23 bits per heavy atom. The van der Waals surface area contributed by atoms with Crippen LogP contribution in [0.25, 0.3) is 0 Å². The summed E-state index contributed by atoms with van der Waals surface area (Å²) in [6.07, 6.45) is 5.31. The number of pyridine rings is 1. The number of aromatic nitrogens is 1. The van der Waals surface area contributed by atoms with Crippen molar-refractivity contribution in [2.45, 2.75) is 26.3 Å². The number of rotatable bonds is 4. The van der Waals surface area contributed by atoms with E-state index in [1.807, 2.05) is 6.20 Å². The van der Waals surface area contributed by atoms with Gasteiger partial charge in [0.1, 0.15) is 0 Å². The van der Waals surface area contributed by atoms with Crippen LogP contribution in [0.2, 0.25) is 0 Å². The first-order valence-corrected chi connectivity index (χ1v) is 8.79. The van der Waals surface area contributed by atoms with E-state index < -0.39 is 0 Å². The highest BCUT2D eigenvalue weighted by molar-refractivity contribution is 5.15. The second kappa shape index (κ2) is 7.53. The summed E-state index contributed by atoms with van der Waals surface area (Å²) in [5, 5.41) is 3.45. The Kier molecular flexibility index (Phi) is 5.45. The summed E-state index contributed by atoms with van der Waals surface area (Å²) in [6.45, 7) is 12.9. The van der Waals surface area contributed by atoms with Gasteiger partial charge in [-0.2, -0.15) is 0 Å². The maximum absolute atomic E-state index is 4.37. The van der Waals surface area contributed by atoms with Gasteiger partial charge in [-0.15, -0.1) is 0 Å². The fraction of sp³-hybridized carbons (Fsp3) is 0.722. The van der Waals surface area contributed by atoms with E-state index in [-0.39, 0.29) is 0 Å². The normalized spacial score (nSPS) is 29.4. The van der Waals surface area contributed by atoms with E-state index in [9.17, 15) is 0 Å². The van der Waals surface area contributed by atoms with E-state index in [0.717, 1.165) is 44.6 Å². The SMILES string of the molecule is CC1CC(C)CN(C(CN2CCNCC2)c2cccnc2)C1. The molecule has 3 heterocycles. The molecule has 3 rings (SSSR count). The second-order valence-corrected chi connectivity index (χ2v) is 7.25. The zero-order chi connectivity index (χ0) is 15.4. The Morgan fingerprint density at radius 3 is 2.59 bits per heavy atom. The van der Waals surface area contributed by atoms with E-state index in [0.29, 0.717) is 6.04 Å². The number of nitrogens with one attached hydrogen (secondary N) is 1. The highest BCUT2D eigenvalue weighted by Crippen LogP contribution is 2.29. The summed E-state index contributed by atoms with van der Waals surface area (Å²) in [5.41, 5.74) is 1.38. The molecule has 22 heavy (non-hydrogen) atoms. The first kappa shape index (κ1) is 15.9. The van der Waals surface area contributed by atoms with Crippen molar-refractivity contribution in [3.63, 3.8) is 0 Å². The highest BCUT2D eigenvalue weighted by atomic mass is 15.2. The third kappa shape index (κ3) is 4.06. The molecule has 0 aliphatic carbocycles. The fourth-order valence-corrected chi connectivity index (χ4v) is 4.11. The Morgan fingerprint density at radius 2 is 1.95 bits per heavy atom. The average molecular weight is 302 g/mol. The van der Waals surface area contributed by atoms with Crippen molar-refractivity contribution in [1.29, 1.82) is 0 Å². The van der Waals surface area contributed by atoms with E-state index >= 15 is 0 Å². The van der Waals surface area contributed by atoms with Crippen LogP contribution in [-0.4, -0.2) is 60.6 Å². The van der Waals surface area contributed by atoms with Crippen molar-refractivity contribution in [3.8, 4) is 0 Å². The molecule has 1 aromatic heterocycles. The van der Waals surface area contributed by atoms with Gasteiger partial charge in [0.2, 0.25) is 0 Å². The van der Waals surface area contributed by atoms with Gasteiger partial charge < -0.3 is 5.32 Å². The van der Waals surface area contributed by atoms with Crippen LogP contribution in [0.1, 0.15) is 31.9 Å². The smallest absolute Gasteiger partial charge is 0.0490 e. The minimum Gasteiger partial charge on any atom is -0.314 e. The lowest BCUT2D eigenvalue weighted by Crippen LogP contribution is -2.49. The number of nitrogens with zero attached hydrogens (tertiary/aromatic N) is 3. The lowest BCUT2D eigenvalue weighted by Gasteiger charge is -2.42. The van der Waals surface area contributed by atoms with Gasteiger partial charge in [-0.05, 0) is 29.9 Å². The van der Waals surface area contributed by atoms with Gasteiger partial charge >= 0.3 is 0 Å². The van der Waals surface area contributed by atoms with Crippen LogP contribution in [-0.2, 0) is 0 Å². The van der Waals surface area contributed by atoms with Crippen LogP contribution in [0, 0.1) is 11.8 Å². The molecule has 0 bridgehead atoms. The second-order valence-electron chi connectivity index (χ2n) is 7.25. The first-order chi connectivity index (χ1) is 10.7. The van der Waals surface area contributed by atoms with Gasteiger partial charge in [0.15, 0.2) is 0 Å². The monoisotopic (exact) mass is 302 g/mol. The van der Waals surface area contributed by atoms with E-state index in [1.54, 1.807) is 0 Å². The summed E-state index contributed by atoms with van der Waals surface area (Å²) in [6, 6.07) is 4.82. The van der Waals surface area contributed by atoms with Gasteiger partial charge in [0.05, 0.1) is 0 Å². The molecule has 1 N–H and O–H groups in total. The molecule has 4 nitrogen and oxygen atoms in total. The third-order valence-electron chi connectivity index (χ3n) is 5.05. The molecule has 3 atom stereocenters. The van der Waals surface area contributed by atoms with Gasteiger partial charge in [-0.25, -0.2) is 0 Å². The Labute approximate surface area is 134 Å². The molecular weight excluding hydrogens is 272 g/mol. The van der Waals surface area contributed by atoms with Crippen LogP contribution in [0.15, 0.2) is 24.5 Å². The van der Waals surface area contributed by atoms with Gasteiger partial charge in [-0.1, -0.05) is 19.9 Å². The number of likely N-dealkylation sites (tertiary alicyclic amines) is 1. The Hall–Kier alpha value is -0.970. The predicted molar refractivity (Wildman–Crippen MR) is 90.8 cm³/mol. The van der Waals surface area contributed by atoms with Crippen LogP contribution in [0.3, 0.4) is 0 Å². The number of piperidine rings is 1. The fourth-order valence-electron chi connectivity index (χ4n) is 4.11. The Bertz CT molecular complexity index is 434. The molecule has 0 aromatic carbocycles. The molecular formula is C18H30N4. The summed E-state index contributed by atoms with van der Waals surface area (Å²) >= 11 is 0. The number of piperazine rings is 1. The van der Waals surface area contributed by atoms with Crippen molar-refractivity contribution in [3.05, 3.63) is 30.1 Å². The summed E-state index contributed by atoms with van der Waals surface area (Å²) in [5.74, 6) is 1.59. The molecule has 2 aliphatic heterocycles. The summed E-state index contributed by atoms with van der Waals surface area (Å²) in [4.78, 5) is 9.69.